The molecule has 2 unspecified atom stereocenters. The number of urea groups is 1. The number of carbonyl (C=O) groups is 2. The minimum absolute atomic E-state index is 0.00539. The second-order valence-corrected chi connectivity index (χ2v) is 9.23. The predicted molar refractivity (Wildman–Crippen MR) is 131 cm³/mol. The standard InChI is InChI=1S/C25H27ClN4O4/c1-16-7-5-6-10-19(16)27-25(34)28-22(31)15-30-21-13-18(26)11-12-20(21)29(23(32)24(30)33)14-17-8-3-2-4-9-17/h2-4,8-9,11-13,16,19H,5-7,10,14-15H2,1H3,(H2,27,28,31,34). The van der Waals surface area contributed by atoms with Crippen LogP contribution in [0, 0.1) is 5.92 Å². The molecule has 3 amide bonds. The quantitative estimate of drug-likeness (QED) is 0.545. The lowest BCUT2D eigenvalue weighted by molar-refractivity contribution is -0.120. The van der Waals surface area contributed by atoms with Crippen LogP contribution in [-0.2, 0) is 17.9 Å². The van der Waals surface area contributed by atoms with Crippen LogP contribution in [0.1, 0.15) is 38.2 Å². The number of hydrogen-bond acceptors (Lipinski definition) is 4. The molecule has 0 saturated heterocycles. The summed E-state index contributed by atoms with van der Waals surface area (Å²) in [5.41, 5.74) is 0.0362. The SMILES string of the molecule is CC1CCCCC1NC(=O)NC(=O)Cn1c(=O)c(=O)n(Cc2ccccc2)c2ccc(Cl)cc21. The van der Waals surface area contributed by atoms with Gasteiger partial charge in [-0.2, -0.15) is 0 Å². The van der Waals surface area contributed by atoms with Gasteiger partial charge < -0.3 is 5.32 Å². The van der Waals surface area contributed by atoms with Gasteiger partial charge in [-0.15, -0.1) is 0 Å². The number of fused-ring (bicyclic) bond motifs is 1. The van der Waals surface area contributed by atoms with Gasteiger partial charge in [-0.25, -0.2) is 4.79 Å². The zero-order valence-corrected chi connectivity index (χ0v) is 19.7. The second-order valence-electron chi connectivity index (χ2n) is 8.79. The zero-order chi connectivity index (χ0) is 24.2. The van der Waals surface area contributed by atoms with Crippen molar-refractivity contribution in [1.82, 2.24) is 19.8 Å². The van der Waals surface area contributed by atoms with E-state index >= 15 is 0 Å². The van der Waals surface area contributed by atoms with Crippen molar-refractivity contribution >= 4 is 34.6 Å². The third-order valence-electron chi connectivity index (χ3n) is 6.36. The molecule has 9 heteroatoms. The Morgan fingerprint density at radius 3 is 2.41 bits per heavy atom. The molecule has 1 saturated carbocycles. The van der Waals surface area contributed by atoms with E-state index in [1.165, 1.54) is 10.6 Å². The van der Waals surface area contributed by atoms with Gasteiger partial charge in [-0.05, 0) is 42.5 Å². The monoisotopic (exact) mass is 482 g/mol. The number of carbonyl (C=O) groups excluding carboxylic acids is 2. The molecule has 178 valence electrons. The number of amides is 3. The molecular weight excluding hydrogens is 456 g/mol. The van der Waals surface area contributed by atoms with Gasteiger partial charge in [-0.1, -0.05) is 61.7 Å². The molecule has 1 aliphatic rings. The Balaban J connectivity index is 1.60. The molecule has 1 fully saturated rings. The molecule has 3 aromatic rings. The molecular formula is C25H27ClN4O4. The van der Waals surface area contributed by atoms with Gasteiger partial charge in [0.1, 0.15) is 6.54 Å². The molecule has 2 aromatic carbocycles. The minimum atomic E-state index is -0.859. The van der Waals surface area contributed by atoms with Crippen LogP contribution in [0.4, 0.5) is 4.79 Å². The topological polar surface area (TPSA) is 102 Å². The van der Waals surface area contributed by atoms with Crippen LogP contribution in [0.25, 0.3) is 11.0 Å². The first-order valence-electron chi connectivity index (χ1n) is 11.4. The third-order valence-corrected chi connectivity index (χ3v) is 6.59. The molecule has 0 bridgehead atoms. The second kappa shape index (κ2) is 10.3. The number of benzene rings is 2. The van der Waals surface area contributed by atoms with Crippen molar-refractivity contribution in [2.24, 2.45) is 5.92 Å². The fourth-order valence-electron chi connectivity index (χ4n) is 4.52. The van der Waals surface area contributed by atoms with Gasteiger partial charge in [0.15, 0.2) is 0 Å². The Labute approximate surface area is 201 Å². The molecule has 2 N–H and O–H groups in total. The maximum Gasteiger partial charge on any atom is 0.321 e. The number of hydrogen-bond donors (Lipinski definition) is 2. The Morgan fingerprint density at radius 1 is 0.971 bits per heavy atom. The number of imide groups is 1. The first-order valence-corrected chi connectivity index (χ1v) is 11.8. The first-order chi connectivity index (χ1) is 16.3. The van der Waals surface area contributed by atoms with Crippen molar-refractivity contribution in [3.63, 3.8) is 0 Å². The molecule has 34 heavy (non-hydrogen) atoms. The van der Waals surface area contributed by atoms with E-state index in [2.05, 4.69) is 17.6 Å². The number of nitrogens with one attached hydrogen (secondary N) is 2. The summed E-state index contributed by atoms with van der Waals surface area (Å²) < 4.78 is 2.44. The normalized spacial score (nSPS) is 17.9. The first kappa shape index (κ1) is 23.8. The van der Waals surface area contributed by atoms with Crippen LogP contribution < -0.4 is 21.8 Å². The van der Waals surface area contributed by atoms with Crippen molar-refractivity contribution in [3.8, 4) is 0 Å². The van der Waals surface area contributed by atoms with E-state index in [1.807, 2.05) is 30.3 Å². The Kier molecular flexibility index (Phi) is 7.17. The van der Waals surface area contributed by atoms with Crippen molar-refractivity contribution in [2.45, 2.75) is 51.7 Å². The van der Waals surface area contributed by atoms with E-state index in [0.717, 1.165) is 35.8 Å². The van der Waals surface area contributed by atoms with Crippen molar-refractivity contribution in [2.75, 3.05) is 0 Å². The van der Waals surface area contributed by atoms with Crippen LogP contribution in [0.5, 0.6) is 0 Å². The molecule has 0 aliphatic heterocycles. The molecule has 8 nitrogen and oxygen atoms in total. The summed E-state index contributed by atoms with van der Waals surface area (Å²) in [6.45, 7) is 1.79. The molecule has 0 spiro atoms. The summed E-state index contributed by atoms with van der Waals surface area (Å²) in [7, 11) is 0. The number of nitrogens with zero attached hydrogens (tertiary/aromatic N) is 2. The smallest absolute Gasteiger partial charge is 0.321 e. The van der Waals surface area contributed by atoms with Crippen LogP contribution in [-0.4, -0.2) is 27.1 Å². The van der Waals surface area contributed by atoms with Crippen molar-refractivity contribution in [1.29, 1.82) is 0 Å². The summed E-state index contributed by atoms with van der Waals surface area (Å²) in [5, 5.41) is 5.49. The van der Waals surface area contributed by atoms with Crippen LogP contribution in [0.15, 0.2) is 58.1 Å². The van der Waals surface area contributed by atoms with E-state index < -0.39 is 29.6 Å². The molecule has 4 rings (SSSR count). The van der Waals surface area contributed by atoms with Crippen LogP contribution in [0.3, 0.4) is 0 Å². The summed E-state index contributed by atoms with van der Waals surface area (Å²) in [4.78, 5) is 51.0. The highest BCUT2D eigenvalue weighted by Crippen LogP contribution is 2.23. The summed E-state index contributed by atoms with van der Waals surface area (Å²) in [5.74, 6) is -0.356. The van der Waals surface area contributed by atoms with E-state index in [9.17, 15) is 19.2 Å². The van der Waals surface area contributed by atoms with Gasteiger partial charge >= 0.3 is 17.1 Å². The van der Waals surface area contributed by atoms with Gasteiger partial charge in [0.25, 0.3) is 0 Å². The van der Waals surface area contributed by atoms with E-state index in [4.69, 9.17) is 11.6 Å². The highest BCUT2D eigenvalue weighted by molar-refractivity contribution is 6.31. The van der Waals surface area contributed by atoms with Gasteiger partial charge in [0.05, 0.1) is 17.6 Å². The summed E-state index contributed by atoms with van der Waals surface area (Å²) in [6, 6.07) is 13.5. The van der Waals surface area contributed by atoms with Crippen molar-refractivity contribution < 1.29 is 9.59 Å². The van der Waals surface area contributed by atoms with E-state index in [0.29, 0.717) is 22.0 Å². The fourth-order valence-corrected chi connectivity index (χ4v) is 4.68. The lowest BCUT2D eigenvalue weighted by Gasteiger charge is -2.29. The maximum absolute atomic E-state index is 13.0. The van der Waals surface area contributed by atoms with Crippen LogP contribution >= 0.6 is 11.6 Å². The fraction of sp³-hybridized carbons (Fsp3) is 0.360. The number of aromatic nitrogens is 2. The summed E-state index contributed by atoms with van der Waals surface area (Å²) in [6.07, 6.45) is 4.06. The van der Waals surface area contributed by atoms with Gasteiger partial charge in [0.2, 0.25) is 5.91 Å². The molecule has 0 radical (unpaired) electrons. The summed E-state index contributed by atoms with van der Waals surface area (Å²) >= 11 is 6.17. The lowest BCUT2D eigenvalue weighted by atomic mass is 9.86. The van der Waals surface area contributed by atoms with E-state index in [-0.39, 0.29) is 12.6 Å². The van der Waals surface area contributed by atoms with Gasteiger partial charge in [0, 0.05) is 11.1 Å². The zero-order valence-electron chi connectivity index (χ0n) is 18.9. The minimum Gasteiger partial charge on any atom is -0.335 e. The highest BCUT2D eigenvalue weighted by Gasteiger charge is 2.24. The number of halogens is 1. The largest absolute Gasteiger partial charge is 0.335 e. The van der Waals surface area contributed by atoms with E-state index in [1.54, 1.807) is 12.1 Å². The molecule has 2 atom stereocenters. The predicted octanol–water partition coefficient (Wildman–Crippen LogP) is 3.27. The average Bonchev–Trinajstić information content (AvgIpc) is 2.81. The van der Waals surface area contributed by atoms with Crippen molar-refractivity contribution in [3.05, 3.63) is 79.8 Å². The maximum atomic E-state index is 13.0. The molecule has 1 aromatic heterocycles. The van der Waals surface area contributed by atoms with Gasteiger partial charge in [-0.3, -0.25) is 28.8 Å². The lowest BCUT2D eigenvalue weighted by Crippen LogP contribution is -2.49. The number of rotatable bonds is 5. The third kappa shape index (κ3) is 5.22. The Hall–Kier alpha value is -3.39. The Bertz CT molecular complexity index is 1330. The highest BCUT2D eigenvalue weighted by atomic mass is 35.5. The average molecular weight is 483 g/mol. The molecule has 1 heterocycles. The van der Waals surface area contributed by atoms with Crippen LogP contribution in [0.2, 0.25) is 5.02 Å². The Morgan fingerprint density at radius 2 is 1.68 bits per heavy atom. The molecule has 1 aliphatic carbocycles.